The van der Waals surface area contributed by atoms with E-state index in [9.17, 15) is 9.59 Å². The highest BCUT2D eigenvalue weighted by atomic mass is 35.5. The summed E-state index contributed by atoms with van der Waals surface area (Å²) in [5.41, 5.74) is 3.31. The second kappa shape index (κ2) is 7.95. The molecule has 30 heavy (non-hydrogen) atoms. The van der Waals surface area contributed by atoms with Gasteiger partial charge in [0.2, 0.25) is 0 Å². The smallest absolute Gasteiger partial charge is 0.264 e. The molecule has 0 aliphatic carbocycles. The topological polar surface area (TPSA) is 101 Å². The van der Waals surface area contributed by atoms with Crippen LogP contribution in [-0.2, 0) is 19.6 Å². The van der Waals surface area contributed by atoms with Crippen LogP contribution >= 0.6 is 11.6 Å². The van der Waals surface area contributed by atoms with Gasteiger partial charge in [0.15, 0.2) is 12.4 Å². The van der Waals surface area contributed by atoms with Crippen molar-refractivity contribution in [2.24, 2.45) is 0 Å². The number of hydrogen-bond donors (Lipinski definition) is 1. The molecule has 1 N–H and O–H groups in total. The van der Waals surface area contributed by atoms with Gasteiger partial charge in [-0.2, -0.15) is 4.98 Å². The minimum atomic E-state index is -0.222. The van der Waals surface area contributed by atoms with Gasteiger partial charge in [-0.05, 0) is 50.5 Å². The van der Waals surface area contributed by atoms with Gasteiger partial charge in [0.05, 0.1) is 17.1 Å². The van der Waals surface area contributed by atoms with Crippen LogP contribution in [0.4, 0.5) is 0 Å². The van der Waals surface area contributed by atoms with E-state index < -0.39 is 0 Å². The van der Waals surface area contributed by atoms with Gasteiger partial charge in [-0.3, -0.25) is 9.59 Å². The summed E-state index contributed by atoms with van der Waals surface area (Å²) in [6.45, 7) is 6.20. The molecule has 1 amide bonds. The first kappa shape index (κ1) is 20.2. The number of nitrogens with one attached hydrogen (secondary N) is 1. The number of benzene rings is 1. The number of nitrogens with zero attached hydrogens (tertiary/aromatic N) is 3. The molecular weight excluding hydrogens is 408 g/mol. The zero-order chi connectivity index (χ0) is 21.4. The maximum atomic E-state index is 13.2. The lowest BCUT2D eigenvalue weighted by atomic mass is 9.97. The summed E-state index contributed by atoms with van der Waals surface area (Å²) in [4.78, 5) is 34.1. The number of rotatable bonds is 5. The Balaban J connectivity index is 1.58. The maximum absolute atomic E-state index is 13.2. The number of fused-ring (bicyclic) bond motifs is 1. The average Bonchev–Trinajstić information content (AvgIpc) is 3.10. The molecule has 1 aliphatic rings. The van der Waals surface area contributed by atoms with Crippen LogP contribution in [0.5, 0.6) is 5.75 Å². The highest BCUT2D eigenvalue weighted by Crippen LogP contribution is 2.35. The van der Waals surface area contributed by atoms with Crippen molar-refractivity contribution in [1.82, 2.24) is 20.0 Å². The zero-order valence-electron chi connectivity index (χ0n) is 16.9. The summed E-state index contributed by atoms with van der Waals surface area (Å²) in [7, 11) is 0. The normalized spacial score (nSPS) is 13.5. The number of aromatic nitrogens is 3. The van der Waals surface area contributed by atoms with E-state index in [1.54, 1.807) is 17.9 Å². The lowest BCUT2D eigenvalue weighted by Gasteiger charge is -2.30. The van der Waals surface area contributed by atoms with Crippen molar-refractivity contribution >= 4 is 17.5 Å². The fourth-order valence-electron chi connectivity index (χ4n) is 3.62. The number of amides is 1. The molecule has 1 aliphatic heterocycles. The Morgan fingerprint density at radius 1 is 1.27 bits per heavy atom. The molecule has 156 valence electrons. The van der Waals surface area contributed by atoms with Crippen molar-refractivity contribution in [3.63, 3.8) is 0 Å². The Morgan fingerprint density at radius 2 is 2.07 bits per heavy atom. The SMILES string of the molecule is Cc1noc(COc2ccc3c(c2Cl)C(=O)N(Cc2c(C)cc(C)[nH]c2=O)CC3)n1. The minimum absolute atomic E-state index is 0.0508. The Labute approximate surface area is 177 Å². The Morgan fingerprint density at radius 3 is 2.77 bits per heavy atom. The van der Waals surface area contributed by atoms with E-state index in [1.165, 1.54) is 0 Å². The number of H-pyrrole nitrogens is 1. The Hall–Kier alpha value is -3.13. The van der Waals surface area contributed by atoms with E-state index in [0.29, 0.717) is 41.6 Å². The number of aromatic amines is 1. The largest absolute Gasteiger partial charge is 0.482 e. The Bertz CT molecular complexity index is 1180. The molecule has 0 atom stereocenters. The summed E-state index contributed by atoms with van der Waals surface area (Å²) in [5.74, 6) is 0.978. The van der Waals surface area contributed by atoms with Gasteiger partial charge in [0, 0.05) is 17.8 Å². The minimum Gasteiger partial charge on any atom is -0.482 e. The van der Waals surface area contributed by atoms with Crippen molar-refractivity contribution in [2.75, 3.05) is 6.54 Å². The van der Waals surface area contributed by atoms with E-state index in [-0.39, 0.29) is 29.6 Å². The van der Waals surface area contributed by atoms with Crippen molar-refractivity contribution in [1.29, 1.82) is 0 Å². The molecule has 9 heteroatoms. The van der Waals surface area contributed by atoms with Gasteiger partial charge in [0.25, 0.3) is 17.4 Å². The van der Waals surface area contributed by atoms with Crippen LogP contribution in [0.3, 0.4) is 0 Å². The summed E-state index contributed by atoms with van der Waals surface area (Å²) >= 11 is 6.54. The van der Waals surface area contributed by atoms with Crippen molar-refractivity contribution in [3.8, 4) is 5.75 Å². The first-order valence-corrected chi connectivity index (χ1v) is 9.93. The van der Waals surface area contributed by atoms with Gasteiger partial charge in [0.1, 0.15) is 5.75 Å². The van der Waals surface area contributed by atoms with Gasteiger partial charge in [-0.1, -0.05) is 22.8 Å². The number of hydrogen-bond acceptors (Lipinski definition) is 6. The first-order chi connectivity index (χ1) is 14.3. The van der Waals surface area contributed by atoms with E-state index >= 15 is 0 Å². The van der Waals surface area contributed by atoms with Crippen molar-refractivity contribution in [3.05, 3.63) is 73.2 Å². The number of ether oxygens (including phenoxy) is 1. The lowest BCUT2D eigenvalue weighted by Crippen LogP contribution is -2.39. The molecule has 0 fully saturated rings. The molecule has 1 aromatic carbocycles. The number of pyridine rings is 1. The second-order valence-corrected chi connectivity index (χ2v) is 7.73. The predicted molar refractivity (Wildman–Crippen MR) is 110 cm³/mol. The Kier molecular flexibility index (Phi) is 5.34. The van der Waals surface area contributed by atoms with E-state index in [0.717, 1.165) is 16.8 Å². The van der Waals surface area contributed by atoms with Crippen LogP contribution in [0, 0.1) is 20.8 Å². The number of carbonyl (C=O) groups excluding carboxylic acids is 1. The summed E-state index contributed by atoms with van der Waals surface area (Å²) in [6, 6.07) is 5.48. The summed E-state index contributed by atoms with van der Waals surface area (Å²) in [5, 5.41) is 3.96. The van der Waals surface area contributed by atoms with Crippen LogP contribution in [-0.4, -0.2) is 32.5 Å². The molecule has 3 aromatic rings. The fraction of sp³-hybridized carbons (Fsp3) is 0.333. The standard InChI is InChI=1S/C21H21ClN4O4/c1-11-8-12(2)23-20(27)15(11)9-26-7-6-14-4-5-16(19(22)18(14)21(26)28)29-10-17-24-13(3)25-30-17/h4-5,8H,6-7,9-10H2,1-3H3,(H,23,27). The van der Waals surface area contributed by atoms with E-state index in [4.69, 9.17) is 20.9 Å². The molecule has 0 radical (unpaired) electrons. The maximum Gasteiger partial charge on any atom is 0.264 e. The molecule has 8 nitrogen and oxygen atoms in total. The van der Waals surface area contributed by atoms with Gasteiger partial charge in [-0.15, -0.1) is 0 Å². The lowest BCUT2D eigenvalue weighted by molar-refractivity contribution is 0.0725. The third-order valence-corrected chi connectivity index (χ3v) is 5.48. The third-order valence-electron chi connectivity index (χ3n) is 5.11. The van der Waals surface area contributed by atoms with Crippen molar-refractivity contribution < 1.29 is 14.1 Å². The second-order valence-electron chi connectivity index (χ2n) is 7.36. The van der Waals surface area contributed by atoms with Crippen LogP contribution in [0.25, 0.3) is 0 Å². The predicted octanol–water partition coefficient (Wildman–Crippen LogP) is 3.11. The molecule has 0 unspecified atom stereocenters. The van der Waals surface area contributed by atoms with Crippen LogP contribution < -0.4 is 10.3 Å². The van der Waals surface area contributed by atoms with Gasteiger partial charge < -0.3 is 19.1 Å². The molecular formula is C21H21ClN4O4. The van der Waals surface area contributed by atoms with E-state index in [1.807, 2.05) is 26.0 Å². The highest BCUT2D eigenvalue weighted by molar-refractivity contribution is 6.35. The molecule has 0 bridgehead atoms. The molecule has 4 rings (SSSR count). The zero-order valence-corrected chi connectivity index (χ0v) is 17.7. The average molecular weight is 429 g/mol. The van der Waals surface area contributed by atoms with Crippen molar-refractivity contribution in [2.45, 2.75) is 40.3 Å². The van der Waals surface area contributed by atoms with E-state index in [2.05, 4.69) is 15.1 Å². The molecule has 3 heterocycles. The molecule has 2 aromatic heterocycles. The number of carbonyl (C=O) groups is 1. The monoisotopic (exact) mass is 428 g/mol. The van der Waals surface area contributed by atoms with Crippen LogP contribution in [0.1, 0.15) is 44.5 Å². The molecule has 0 saturated carbocycles. The third kappa shape index (κ3) is 3.82. The fourth-order valence-corrected chi connectivity index (χ4v) is 3.94. The number of halogens is 1. The van der Waals surface area contributed by atoms with Crippen LogP contribution in [0.2, 0.25) is 5.02 Å². The first-order valence-electron chi connectivity index (χ1n) is 9.55. The molecule has 0 saturated heterocycles. The highest BCUT2D eigenvalue weighted by Gasteiger charge is 2.29. The van der Waals surface area contributed by atoms with Crippen LogP contribution in [0.15, 0.2) is 27.5 Å². The summed E-state index contributed by atoms with van der Waals surface area (Å²) in [6.07, 6.45) is 0.646. The number of aryl methyl sites for hydroxylation is 3. The molecule has 0 spiro atoms. The van der Waals surface area contributed by atoms with Gasteiger partial charge in [-0.25, -0.2) is 0 Å². The van der Waals surface area contributed by atoms with Gasteiger partial charge >= 0.3 is 0 Å². The quantitative estimate of drug-likeness (QED) is 0.670. The summed E-state index contributed by atoms with van der Waals surface area (Å²) < 4.78 is 10.7.